The van der Waals surface area contributed by atoms with Crippen molar-refractivity contribution in [1.29, 1.82) is 0 Å². The second-order valence-corrected chi connectivity index (χ2v) is 10.7. The number of para-hydroxylation sites is 2. The van der Waals surface area contributed by atoms with Gasteiger partial charge in [-0.15, -0.1) is 0 Å². The van der Waals surface area contributed by atoms with Gasteiger partial charge in [0.05, 0.1) is 15.6 Å². The molecular weight excluding hydrogens is 484 g/mol. The van der Waals surface area contributed by atoms with Crippen molar-refractivity contribution in [2.75, 3.05) is 22.8 Å². The number of carbonyl (C=O) groups excluding carboxylic acids is 1. The zero-order valence-electron chi connectivity index (χ0n) is 19.9. The number of sulfonamides is 1. The third kappa shape index (κ3) is 5.31. The Labute approximate surface area is 211 Å². The molecule has 3 aromatic rings. The molecule has 0 unspecified atom stereocenters. The molecule has 1 amide bonds. The van der Waals surface area contributed by atoms with Gasteiger partial charge in [-0.05, 0) is 66.6 Å². The molecule has 3 aromatic carbocycles. The van der Waals surface area contributed by atoms with E-state index in [4.69, 9.17) is 16.3 Å². The fourth-order valence-corrected chi connectivity index (χ4v) is 6.22. The zero-order chi connectivity index (χ0) is 25.0. The van der Waals surface area contributed by atoms with Crippen molar-refractivity contribution in [3.05, 3.63) is 82.4 Å². The van der Waals surface area contributed by atoms with Crippen LogP contribution in [0.4, 0.5) is 11.4 Å². The number of hydrogen-bond donors (Lipinski definition) is 1. The number of nitrogens with zero attached hydrogens (tertiary/aromatic N) is 1. The van der Waals surface area contributed by atoms with Crippen LogP contribution in [0.2, 0.25) is 5.02 Å². The van der Waals surface area contributed by atoms with Gasteiger partial charge >= 0.3 is 0 Å². The lowest BCUT2D eigenvalue weighted by atomic mass is 10.0. The highest BCUT2D eigenvalue weighted by molar-refractivity contribution is 7.92. The molecule has 0 fully saturated rings. The third-order valence-corrected chi connectivity index (χ3v) is 8.29. The molecule has 4 rings (SSSR count). The van der Waals surface area contributed by atoms with E-state index < -0.39 is 10.0 Å². The Balaban J connectivity index is 1.47. The van der Waals surface area contributed by atoms with Crippen LogP contribution in [0, 0.1) is 0 Å². The van der Waals surface area contributed by atoms with Gasteiger partial charge in [0.25, 0.3) is 15.9 Å². The molecule has 0 radical (unpaired) electrons. The standard InChI is InChI=1S/C27H29ClN2O4S/c1-3-19-10-7-11-20(4-2)27(19)29-26(31)18-34-25-15-14-22(17-23(25)28)35(32,33)30-16-8-12-21-9-5-6-13-24(21)30/h5-7,9-11,13-15,17H,3-4,8,12,16,18H2,1-2H3,(H,29,31). The summed E-state index contributed by atoms with van der Waals surface area (Å²) < 4.78 is 33.8. The summed E-state index contributed by atoms with van der Waals surface area (Å²) in [6.45, 7) is 4.25. The molecule has 1 N–H and O–H groups in total. The van der Waals surface area contributed by atoms with Crippen LogP contribution < -0.4 is 14.4 Å². The topological polar surface area (TPSA) is 75.7 Å². The van der Waals surface area contributed by atoms with Crippen molar-refractivity contribution >= 4 is 38.9 Å². The lowest BCUT2D eigenvalue weighted by Gasteiger charge is -2.30. The van der Waals surface area contributed by atoms with Crippen molar-refractivity contribution in [3.63, 3.8) is 0 Å². The van der Waals surface area contributed by atoms with Crippen LogP contribution in [0.25, 0.3) is 0 Å². The summed E-state index contributed by atoms with van der Waals surface area (Å²) >= 11 is 6.37. The first-order valence-corrected chi connectivity index (χ1v) is 13.6. The first kappa shape index (κ1) is 25.1. The van der Waals surface area contributed by atoms with E-state index in [1.165, 1.54) is 22.5 Å². The summed E-state index contributed by atoms with van der Waals surface area (Å²) in [5, 5.41) is 3.08. The zero-order valence-corrected chi connectivity index (χ0v) is 21.5. The van der Waals surface area contributed by atoms with E-state index in [1.807, 2.05) is 56.3 Å². The van der Waals surface area contributed by atoms with Crippen LogP contribution in [0.5, 0.6) is 5.75 Å². The summed E-state index contributed by atoms with van der Waals surface area (Å²) in [6, 6.07) is 17.8. The molecule has 1 aliphatic rings. The van der Waals surface area contributed by atoms with Gasteiger partial charge in [-0.2, -0.15) is 0 Å². The third-order valence-electron chi connectivity index (χ3n) is 6.18. The monoisotopic (exact) mass is 512 g/mol. The summed E-state index contributed by atoms with van der Waals surface area (Å²) in [7, 11) is -3.79. The SMILES string of the molecule is CCc1cccc(CC)c1NC(=O)COc1ccc(S(=O)(=O)N2CCCc3ccccc32)cc1Cl. The molecule has 0 bridgehead atoms. The van der Waals surface area contributed by atoms with Crippen LogP contribution in [0.3, 0.4) is 0 Å². The van der Waals surface area contributed by atoms with Crippen molar-refractivity contribution in [2.24, 2.45) is 0 Å². The van der Waals surface area contributed by atoms with Gasteiger partial charge in [0.1, 0.15) is 5.75 Å². The molecule has 8 heteroatoms. The Hall–Kier alpha value is -3.03. The van der Waals surface area contributed by atoms with Crippen molar-refractivity contribution in [2.45, 2.75) is 44.4 Å². The van der Waals surface area contributed by atoms with Crippen LogP contribution in [-0.4, -0.2) is 27.5 Å². The van der Waals surface area contributed by atoms with Crippen LogP contribution in [0.1, 0.15) is 37.0 Å². The number of aryl methyl sites for hydroxylation is 3. The van der Waals surface area contributed by atoms with Gasteiger partial charge in [-0.1, -0.05) is 61.8 Å². The van der Waals surface area contributed by atoms with E-state index in [0.717, 1.165) is 48.1 Å². The van der Waals surface area contributed by atoms with E-state index in [9.17, 15) is 13.2 Å². The van der Waals surface area contributed by atoms with Gasteiger partial charge in [0.2, 0.25) is 0 Å². The van der Waals surface area contributed by atoms with Gasteiger partial charge in [0, 0.05) is 12.2 Å². The molecule has 0 saturated carbocycles. The van der Waals surface area contributed by atoms with Crippen molar-refractivity contribution in [3.8, 4) is 5.75 Å². The Morgan fingerprint density at radius 3 is 2.43 bits per heavy atom. The number of fused-ring (bicyclic) bond motifs is 1. The highest BCUT2D eigenvalue weighted by atomic mass is 35.5. The quantitative estimate of drug-likeness (QED) is 0.425. The minimum absolute atomic E-state index is 0.0838. The Morgan fingerprint density at radius 1 is 1.03 bits per heavy atom. The Morgan fingerprint density at radius 2 is 1.74 bits per heavy atom. The molecule has 0 atom stereocenters. The summed E-state index contributed by atoms with van der Waals surface area (Å²) in [5.74, 6) is -0.0578. The molecule has 1 heterocycles. The highest BCUT2D eigenvalue weighted by Crippen LogP contribution is 2.34. The predicted octanol–water partition coefficient (Wildman–Crippen LogP) is 5.62. The van der Waals surface area contributed by atoms with E-state index >= 15 is 0 Å². The lowest BCUT2D eigenvalue weighted by Crippen LogP contribution is -2.35. The summed E-state index contributed by atoms with van der Waals surface area (Å²) in [5.41, 5.74) is 4.65. The predicted molar refractivity (Wildman–Crippen MR) is 140 cm³/mol. The molecule has 0 aliphatic carbocycles. The number of carbonyl (C=O) groups is 1. The van der Waals surface area contributed by atoms with Crippen molar-refractivity contribution in [1.82, 2.24) is 0 Å². The van der Waals surface area contributed by atoms with Crippen LogP contribution in [-0.2, 0) is 34.1 Å². The number of anilines is 2. The van der Waals surface area contributed by atoms with E-state index in [1.54, 1.807) is 0 Å². The number of amides is 1. The molecule has 35 heavy (non-hydrogen) atoms. The second-order valence-electron chi connectivity index (χ2n) is 8.40. The average Bonchev–Trinajstić information content (AvgIpc) is 2.87. The number of benzene rings is 3. The average molecular weight is 513 g/mol. The normalized spacial score (nSPS) is 13.3. The molecule has 0 saturated heterocycles. The van der Waals surface area contributed by atoms with Gasteiger partial charge < -0.3 is 10.1 Å². The number of ether oxygens (including phenoxy) is 1. The lowest BCUT2D eigenvalue weighted by molar-refractivity contribution is -0.118. The maximum Gasteiger partial charge on any atom is 0.264 e. The molecule has 0 spiro atoms. The largest absolute Gasteiger partial charge is 0.482 e. The minimum Gasteiger partial charge on any atom is -0.482 e. The maximum atomic E-state index is 13.4. The highest BCUT2D eigenvalue weighted by Gasteiger charge is 2.29. The van der Waals surface area contributed by atoms with Crippen LogP contribution >= 0.6 is 11.6 Å². The summed E-state index contributed by atoms with van der Waals surface area (Å²) in [6.07, 6.45) is 3.20. The molecule has 0 aromatic heterocycles. The van der Waals surface area contributed by atoms with Gasteiger partial charge in [0.15, 0.2) is 6.61 Å². The second kappa shape index (κ2) is 10.7. The maximum absolute atomic E-state index is 13.4. The number of halogens is 1. The van der Waals surface area contributed by atoms with Gasteiger partial charge in [-0.25, -0.2) is 8.42 Å². The molecule has 1 aliphatic heterocycles. The molecule has 184 valence electrons. The van der Waals surface area contributed by atoms with E-state index in [0.29, 0.717) is 12.2 Å². The summed E-state index contributed by atoms with van der Waals surface area (Å²) in [4.78, 5) is 12.7. The fourth-order valence-electron chi connectivity index (χ4n) is 4.36. The minimum atomic E-state index is -3.79. The van der Waals surface area contributed by atoms with E-state index in [-0.39, 0.29) is 28.2 Å². The Bertz CT molecular complexity index is 1320. The first-order valence-electron chi connectivity index (χ1n) is 11.8. The Kier molecular flexibility index (Phi) is 7.67. The van der Waals surface area contributed by atoms with Gasteiger partial charge in [-0.3, -0.25) is 9.10 Å². The number of rotatable bonds is 8. The molecule has 6 nitrogen and oxygen atoms in total. The number of nitrogens with one attached hydrogen (secondary N) is 1. The smallest absolute Gasteiger partial charge is 0.264 e. The fraction of sp³-hybridized carbons (Fsp3) is 0.296. The van der Waals surface area contributed by atoms with E-state index in [2.05, 4.69) is 5.32 Å². The van der Waals surface area contributed by atoms with Crippen molar-refractivity contribution < 1.29 is 17.9 Å². The van der Waals surface area contributed by atoms with Crippen LogP contribution in [0.15, 0.2) is 65.6 Å². The number of hydrogen-bond acceptors (Lipinski definition) is 4. The molecular formula is C27H29ClN2O4S. The first-order chi connectivity index (χ1) is 16.8.